The number of hydrogen-bond donors (Lipinski definition) is 1. The largest absolute Gasteiger partial charge is 0.305 e. The van der Waals surface area contributed by atoms with Crippen molar-refractivity contribution in [3.8, 4) is 0 Å². The molecule has 1 unspecified atom stereocenters. The van der Waals surface area contributed by atoms with E-state index in [2.05, 4.69) is 10.4 Å². The van der Waals surface area contributed by atoms with E-state index in [1.807, 2.05) is 20.2 Å². The van der Waals surface area contributed by atoms with Crippen LogP contribution in [0.1, 0.15) is 18.2 Å². The van der Waals surface area contributed by atoms with Gasteiger partial charge in [0.1, 0.15) is 0 Å². The van der Waals surface area contributed by atoms with Crippen molar-refractivity contribution in [3.63, 3.8) is 0 Å². The van der Waals surface area contributed by atoms with Crippen LogP contribution in [0.3, 0.4) is 0 Å². The zero-order chi connectivity index (χ0) is 10.7. The monoisotopic (exact) mass is 203 g/mol. The molecule has 0 aliphatic carbocycles. The predicted molar refractivity (Wildman–Crippen MR) is 50.3 cm³/mol. The molecule has 0 aromatic carbocycles. The molecule has 0 spiro atoms. The fourth-order valence-corrected chi connectivity index (χ4v) is 1.18. The standard InChI is InChI=1S/C9H15F2N3/c1-6-8(5-14(3)13-6)4-12-7(2)9(10)11/h5,7,9,12H,4H2,1-3H3. The highest BCUT2D eigenvalue weighted by Gasteiger charge is 2.14. The molecule has 0 aliphatic rings. The van der Waals surface area contributed by atoms with Crippen molar-refractivity contribution >= 4 is 0 Å². The van der Waals surface area contributed by atoms with Crippen molar-refractivity contribution in [3.05, 3.63) is 17.5 Å². The second-order valence-electron chi connectivity index (χ2n) is 3.42. The predicted octanol–water partition coefficient (Wildman–Crippen LogP) is 1.47. The molecule has 0 saturated heterocycles. The van der Waals surface area contributed by atoms with Gasteiger partial charge in [-0.3, -0.25) is 4.68 Å². The van der Waals surface area contributed by atoms with E-state index in [-0.39, 0.29) is 0 Å². The molecule has 3 nitrogen and oxygen atoms in total. The summed E-state index contributed by atoms with van der Waals surface area (Å²) in [4.78, 5) is 0. The van der Waals surface area contributed by atoms with Gasteiger partial charge in [0.2, 0.25) is 0 Å². The van der Waals surface area contributed by atoms with Crippen LogP contribution >= 0.6 is 0 Å². The highest BCUT2D eigenvalue weighted by molar-refractivity contribution is 5.14. The molecule has 5 heteroatoms. The van der Waals surface area contributed by atoms with E-state index in [9.17, 15) is 8.78 Å². The first-order chi connectivity index (χ1) is 6.50. The first kappa shape index (κ1) is 11.1. The average Bonchev–Trinajstić information content (AvgIpc) is 2.40. The third kappa shape index (κ3) is 2.77. The van der Waals surface area contributed by atoms with Gasteiger partial charge in [-0.15, -0.1) is 0 Å². The number of hydrogen-bond acceptors (Lipinski definition) is 2. The summed E-state index contributed by atoms with van der Waals surface area (Å²) in [5.74, 6) is 0. The highest BCUT2D eigenvalue weighted by atomic mass is 19.3. The first-order valence-corrected chi connectivity index (χ1v) is 4.51. The van der Waals surface area contributed by atoms with E-state index in [4.69, 9.17) is 0 Å². The molecule has 0 aliphatic heterocycles. The van der Waals surface area contributed by atoms with E-state index in [1.54, 1.807) is 4.68 Å². The Kier molecular flexibility index (Phi) is 3.57. The fourth-order valence-electron chi connectivity index (χ4n) is 1.18. The lowest BCUT2D eigenvalue weighted by molar-refractivity contribution is 0.105. The summed E-state index contributed by atoms with van der Waals surface area (Å²) < 4.78 is 26.0. The molecule has 80 valence electrons. The van der Waals surface area contributed by atoms with Gasteiger partial charge in [-0.2, -0.15) is 5.10 Å². The Morgan fingerprint density at radius 3 is 2.64 bits per heavy atom. The lowest BCUT2D eigenvalue weighted by Gasteiger charge is -2.11. The van der Waals surface area contributed by atoms with E-state index < -0.39 is 12.5 Å². The Morgan fingerprint density at radius 2 is 2.21 bits per heavy atom. The first-order valence-electron chi connectivity index (χ1n) is 4.51. The van der Waals surface area contributed by atoms with Crippen LogP contribution in [0.15, 0.2) is 6.20 Å². The van der Waals surface area contributed by atoms with Crippen LogP contribution in [0.5, 0.6) is 0 Å². The number of nitrogens with zero attached hydrogens (tertiary/aromatic N) is 2. The zero-order valence-electron chi connectivity index (χ0n) is 8.59. The summed E-state index contributed by atoms with van der Waals surface area (Å²) in [7, 11) is 1.81. The Bertz CT molecular complexity index is 296. The van der Waals surface area contributed by atoms with Crippen molar-refractivity contribution in [2.45, 2.75) is 32.9 Å². The number of alkyl halides is 2. The minimum Gasteiger partial charge on any atom is -0.305 e. The van der Waals surface area contributed by atoms with Crippen molar-refractivity contribution in [1.82, 2.24) is 15.1 Å². The number of aromatic nitrogens is 2. The van der Waals surface area contributed by atoms with E-state index in [0.717, 1.165) is 11.3 Å². The second-order valence-corrected chi connectivity index (χ2v) is 3.42. The molecule has 1 atom stereocenters. The van der Waals surface area contributed by atoms with E-state index in [0.29, 0.717) is 6.54 Å². The van der Waals surface area contributed by atoms with Crippen molar-refractivity contribution in [2.24, 2.45) is 7.05 Å². The Balaban J connectivity index is 2.49. The Hall–Kier alpha value is -0.970. The summed E-state index contributed by atoms with van der Waals surface area (Å²) in [6, 6.07) is -0.783. The fraction of sp³-hybridized carbons (Fsp3) is 0.667. The number of rotatable bonds is 4. The molecule has 1 aromatic heterocycles. The molecule has 0 fully saturated rings. The van der Waals surface area contributed by atoms with Gasteiger partial charge in [-0.05, 0) is 13.8 Å². The smallest absolute Gasteiger partial charge is 0.253 e. The minimum atomic E-state index is -2.33. The molecular weight excluding hydrogens is 188 g/mol. The lowest BCUT2D eigenvalue weighted by atomic mass is 10.2. The zero-order valence-corrected chi connectivity index (χ0v) is 8.59. The third-order valence-corrected chi connectivity index (χ3v) is 2.11. The van der Waals surface area contributed by atoms with Crippen LogP contribution in [0.4, 0.5) is 8.78 Å². The quantitative estimate of drug-likeness (QED) is 0.803. The molecule has 1 heterocycles. The topological polar surface area (TPSA) is 29.9 Å². The highest BCUT2D eigenvalue weighted by Crippen LogP contribution is 2.06. The van der Waals surface area contributed by atoms with Crippen LogP contribution in [0.25, 0.3) is 0 Å². The van der Waals surface area contributed by atoms with Gasteiger partial charge in [-0.1, -0.05) is 0 Å². The van der Waals surface area contributed by atoms with Gasteiger partial charge in [-0.25, -0.2) is 8.78 Å². The normalized spacial score (nSPS) is 13.6. The van der Waals surface area contributed by atoms with Crippen LogP contribution in [0, 0.1) is 6.92 Å². The maximum Gasteiger partial charge on any atom is 0.253 e. The van der Waals surface area contributed by atoms with Gasteiger partial charge in [0.05, 0.1) is 11.7 Å². The van der Waals surface area contributed by atoms with Gasteiger partial charge in [0.15, 0.2) is 0 Å². The Labute approximate surface area is 82.1 Å². The molecular formula is C9H15F2N3. The van der Waals surface area contributed by atoms with Crippen LogP contribution in [-0.4, -0.2) is 22.2 Å². The molecule has 0 bridgehead atoms. The summed E-state index contributed by atoms with van der Waals surface area (Å²) >= 11 is 0. The lowest BCUT2D eigenvalue weighted by Crippen LogP contribution is -2.32. The molecule has 1 aromatic rings. The minimum absolute atomic E-state index is 0.436. The number of halogens is 2. The molecule has 14 heavy (non-hydrogen) atoms. The van der Waals surface area contributed by atoms with Crippen LogP contribution in [0.2, 0.25) is 0 Å². The Morgan fingerprint density at radius 1 is 1.57 bits per heavy atom. The SMILES string of the molecule is Cc1nn(C)cc1CNC(C)C(F)F. The number of aryl methyl sites for hydroxylation is 2. The van der Waals surface area contributed by atoms with Crippen molar-refractivity contribution in [1.29, 1.82) is 0 Å². The van der Waals surface area contributed by atoms with Gasteiger partial charge < -0.3 is 5.32 Å². The molecule has 0 saturated carbocycles. The third-order valence-electron chi connectivity index (χ3n) is 2.11. The molecule has 0 amide bonds. The van der Waals surface area contributed by atoms with E-state index >= 15 is 0 Å². The van der Waals surface area contributed by atoms with Gasteiger partial charge >= 0.3 is 0 Å². The summed E-state index contributed by atoms with van der Waals surface area (Å²) in [5.41, 5.74) is 1.83. The van der Waals surface area contributed by atoms with E-state index in [1.165, 1.54) is 6.92 Å². The maximum absolute atomic E-state index is 12.2. The maximum atomic E-state index is 12.2. The molecule has 1 rings (SSSR count). The van der Waals surface area contributed by atoms with Crippen molar-refractivity contribution < 1.29 is 8.78 Å². The number of nitrogens with one attached hydrogen (secondary N) is 1. The van der Waals surface area contributed by atoms with Gasteiger partial charge in [0.25, 0.3) is 6.43 Å². The average molecular weight is 203 g/mol. The van der Waals surface area contributed by atoms with Crippen LogP contribution in [-0.2, 0) is 13.6 Å². The summed E-state index contributed by atoms with van der Waals surface area (Å²) in [6.07, 6.45) is -0.493. The van der Waals surface area contributed by atoms with Gasteiger partial charge in [0, 0.05) is 25.4 Å². The second kappa shape index (κ2) is 4.50. The molecule has 1 N–H and O–H groups in total. The summed E-state index contributed by atoms with van der Waals surface area (Å²) in [6.45, 7) is 3.77. The van der Waals surface area contributed by atoms with Crippen molar-refractivity contribution in [2.75, 3.05) is 0 Å². The van der Waals surface area contributed by atoms with Crippen LogP contribution < -0.4 is 5.32 Å². The molecule has 0 radical (unpaired) electrons. The summed E-state index contributed by atoms with van der Waals surface area (Å²) in [5, 5.41) is 6.87.